The van der Waals surface area contributed by atoms with Gasteiger partial charge in [-0.3, -0.25) is 4.79 Å². The number of nitrogens with one attached hydrogen (secondary N) is 2. The third-order valence-electron chi connectivity index (χ3n) is 5.48. The molecule has 0 radical (unpaired) electrons. The smallest absolute Gasteiger partial charge is 0.229 e. The van der Waals surface area contributed by atoms with Crippen molar-refractivity contribution in [1.82, 2.24) is 15.0 Å². The summed E-state index contributed by atoms with van der Waals surface area (Å²) in [5.41, 5.74) is 2.07. The van der Waals surface area contributed by atoms with E-state index in [1.807, 2.05) is 47.8 Å². The fourth-order valence-electron chi connectivity index (χ4n) is 3.84. The number of nitrogens with zero attached hydrogens (tertiary/aromatic N) is 3. The number of aromatic nitrogens is 3. The highest BCUT2D eigenvalue weighted by atomic mass is 16.5. The third-order valence-corrected chi connectivity index (χ3v) is 5.48. The molecule has 8 nitrogen and oxygen atoms in total. The van der Waals surface area contributed by atoms with Gasteiger partial charge in [-0.25, -0.2) is 15.0 Å². The highest BCUT2D eigenvalue weighted by molar-refractivity contribution is 6.60. The van der Waals surface area contributed by atoms with E-state index in [0.29, 0.717) is 28.6 Å². The molecule has 1 aliphatic carbocycles. The lowest BCUT2D eigenvalue weighted by Gasteiger charge is -2.23. The molecule has 1 aromatic carbocycles. The van der Waals surface area contributed by atoms with Crippen LogP contribution in [-0.2, 0) is 4.79 Å². The van der Waals surface area contributed by atoms with E-state index < -0.39 is 0 Å². The molecule has 1 saturated carbocycles. The SMILES string of the molecule is BC(B)(B)Nc1ncc(-c2nc3cc(OC(B)(B)B)ccc3o2)c2cc(NC(=O)C3CC3)ncc12. The van der Waals surface area contributed by atoms with E-state index in [1.54, 1.807) is 12.4 Å². The van der Waals surface area contributed by atoms with Gasteiger partial charge in [-0.2, -0.15) is 0 Å². The highest BCUT2D eigenvalue weighted by Gasteiger charge is 2.30. The molecule has 170 valence electrons. The number of anilines is 2. The van der Waals surface area contributed by atoms with Gasteiger partial charge in [0, 0.05) is 40.4 Å². The van der Waals surface area contributed by atoms with Crippen molar-refractivity contribution < 1.29 is 13.9 Å². The van der Waals surface area contributed by atoms with Gasteiger partial charge in [-0.1, -0.05) is 0 Å². The predicted octanol–water partition coefficient (Wildman–Crippen LogP) is -2.40. The first-order chi connectivity index (χ1) is 16.4. The minimum Gasteiger partial charge on any atom is -0.514 e. The van der Waals surface area contributed by atoms with Crippen LogP contribution in [0.2, 0.25) is 0 Å². The largest absolute Gasteiger partial charge is 0.514 e. The van der Waals surface area contributed by atoms with Gasteiger partial charge in [0.1, 0.15) is 70.0 Å². The van der Waals surface area contributed by atoms with Gasteiger partial charge in [0.25, 0.3) is 0 Å². The van der Waals surface area contributed by atoms with Crippen LogP contribution in [0.25, 0.3) is 33.3 Å². The van der Waals surface area contributed by atoms with E-state index in [2.05, 4.69) is 44.1 Å². The molecule has 5 rings (SSSR count). The molecule has 35 heavy (non-hydrogen) atoms. The number of hydrogen-bond donors (Lipinski definition) is 2. The van der Waals surface area contributed by atoms with Gasteiger partial charge in [0.15, 0.2) is 5.58 Å². The maximum absolute atomic E-state index is 12.4. The zero-order valence-electron chi connectivity index (χ0n) is 21.0. The van der Waals surface area contributed by atoms with E-state index in [4.69, 9.17) is 14.1 Å². The maximum Gasteiger partial charge on any atom is 0.229 e. The standard InChI is InChI=1S/C21H25B6N5O3/c22-20(23,24)32-17-12-7-28-16(31-18(33)9-1-2-9)6-11(12)13(8-29-17)19-30-14-5-10(35-21(25,26)27)3-4-15(14)34-19/h3-9H,1-2,22-27H2,(H,29,32)(H,28,31,33). The second-order valence-electron chi connectivity index (χ2n) is 11.1. The monoisotopic (exact) mass is 461 g/mol. The van der Waals surface area contributed by atoms with Gasteiger partial charge in [-0.05, 0) is 36.3 Å². The van der Waals surface area contributed by atoms with Crippen molar-refractivity contribution in [3.05, 3.63) is 36.7 Å². The average Bonchev–Trinajstić information content (AvgIpc) is 3.51. The molecule has 1 aliphatic rings. The van der Waals surface area contributed by atoms with Crippen LogP contribution in [0.4, 0.5) is 11.6 Å². The summed E-state index contributed by atoms with van der Waals surface area (Å²) in [5.74, 6) is 2.48. The summed E-state index contributed by atoms with van der Waals surface area (Å²) in [7, 11) is 12.2. The van der Waals surface area contributed by atoms with Crippen molar-refractivity contribution in [2.45, 2.75) is 23.4 Å². The Hall–Kier alpha value is -3.29. The van der Waals surface area contributed by atoms with Crippen molar-refractivity contribution in [2.24, 2.45) is 5.92 Å². The molecule has 14 heteroatoms. The molecule has 4 aromatic rings. The second kappa shape index (κ2) is 8.43. The van der Waals surface area contributed by atoms with Crippen LogP contribution in [0.3, 0.4) is 0 Å². The third kappa shape index (κ3) is 5.36. The molecular weight excluding hydrogens is 435 g/mol. The lowest BCUT2D eigenvalue weighted by molar-refractivity contribution is -0.117. The van der Waals surface area contributed by atoms with Crippen LogP contribution in [-0.4, -0.2) is 78.5 Å². The second-order valence-corrected chi connectivity index (χ2v) is 11.1. The molecule has 0 saturated heterocycles. The lowest BCUT2D eigenvalue weighted by Crippen LogP contribution is -2.40. The quantitative estimate of drug-likeness (QED) is 0.297. The summed E-state index contributed by atoms with van der Waals surface area (Å²) in [5, 5.41) is 7.53. The number of rotatable bonds is 7. The summed E-state index contributed by atoms with van der Waals surface area (Å²) in [4.78, 5) is 26.3. The Labute approximate surface area is 209 Å². The van der Waals surface area contributed by atoms with Crippen LogP contribution in [0, 0.1) is 5.92 Å². The summed E-state index contributed by atoms with van der Waals surface area (Å²) in [6.07, 6.45) is 5.34. The van der Waals surface area contributed by atoms with Crippen LogP contribution in [0.5, 0.6) is 5.75 Å². The number of hydrogen-bond acceptors (Lipinski definition) is 7. The molecular formula is C21H25B6N5O3. The molecule has 0 bridgehead atoms. The van der Waals surface area contributed by atoms with Crippen molar-refractivity contribution in [3.8, 4) is 17.2 Å². The molecule has 0 atom stereocenters. The molecule has 2 N–H and O–H groups in total. The van der Waals surface area contributed by atoms with Crippen molar-refractivity contribution in [3.63, 3.8) is 0 Å². The van der Waals surface area contributed by atoms with Gasteiger partial charge < -0.3 is 19.8 Å². The van der Waals surface area contributed by atoms with E-state index in [-0.39, 0.29) is 22.4 Å². The summed E-state index contributed by atoms with van der Waals surface area (Å²) in [6, 6.07) is 7.48. The number of benzene rings is 1. The molecule has 0 aliphatic heterocycles. The Morgan fingerprint density at radius 3 is 2.49 bits per heavy atom. The van der Waals surface area contributed by atoms with Crippen LogP contribution in [0.15, 0.2) is 41.1 Å². The minimum atomic E-state index is -0.315. The molecule has 1 fully saturated rings. The Bertz CT molecular complexity index is 1450. The summed E-state index contributed by atoms with van der Waals surface area (Å²) >= 11 is 0. The predicted molar refractivity (Wildman–Crippen MR) is 155 cm³/mol. The number of carbonyl (C=O) groups is 1. The average molecular weight is 460 g/mol. The van der Waals surface area contributed by atoms with Gasteiger partial charge in [0.2, 0.25) is 11.8 Å². The maximum atomic E-state index is 12.4. The van der Waals surface area contributed by atoms with Gasteiger partial charge >= 0.3 is 0 Å². The number of carbonyl (C=O) groups excluding carboxylic acids is 1. The topological polar surface area (TPSA) is 102 Å². The van der Waals surface area contributed by atoms with Crippen LogP contribution < -0.4 is 15.4 Å². The van der Waals surface area contributed by atoms with Crippen molar-refractivity contribution >= 4 is 86.5 Å². The number of ether oxygens (including phenoxy) is 1. The summed E-state index contributed by atoms with van der Waals surface area (Å²) < 4.78 is 12.1. The number of pyridine rings is 2. The van der Waals surface area contributed by atoms with E-state index in [1.165, 1.54) is 0 Å². The zero-order chi connectivity index (χ0) is 25.0. The molecule has 3 aromatic heterocycles. The summed E-state index contributed by atoms with van der Waals surface area (Å²) in [6.45, 7) is 0. The van der Waals surface area contributed by atoms with Gasteiger partial charge in [-0.15, -0.1) is 0 Å². The fraction of sp³-hybridized carbons (Fsp3) is 0.238. The Kier molecular flexibility index (Phi) is 5.65. The zero-order valence-corrected chi connectivity index (χ0v) is 21.0. The van der Waals surface area contributed by atoms with Crippen LogP contribution >= 0.6 is 0 Å². The molecule has 0 unspecified atom stereocenters. The van der Waals surface area contributed by atoms with E-state index in [9.17, 15) is 4.79 Å². The van der Waals surface area contributed by atoms with Crippen molar-refractivity contribution in [2.75, 3.05) is 10.6 Å². The molecule has 1 amide bonds. The Morgan fingerprint density at radius 1 is 1.03 bits per heavy atom. The first-order valence-electron chi connectivity index (χ1n) is 11.9. The number of oxazole rings is 1. The number of fused-ring (bicyclic) bond motifs is 2. The first-order valence-corrected chi connectivity index (χ1v) is 11.9. The fourth-order valence-corrected chi connectivity index (χ4v) is 3.84. The number of amides is 1. The first kappa shape index (κ1) is 23.5. The van der Waals surface area contributed by atoms with E-state index in [0.717, 1.165) is 34.9 Å². The Morgan fingerprint density at radius 2 is 1.80 bits per heavy atom. The van der Waals surface area contributed by atoms with Crippen LogP contribution in [0.1, 0.15) is 12.8 Å². The highest BCUT2D eigenvalue weighted by Crippen LogP contribution is 2.36. The normalized spacial score (nSPS) is 14.2. The molecule has 0 spiro atoms. The Balaban J connectivity index is 1.60. The minimum absolute atomic E-state index is 0.00809. The van der Waals surface area contributed by atoms with Gasteiger partial charge in [0.05, 0.1) is 5.56 Å². The molecule has 3 heterocycles. The van der Waals surface area contributed by atoms with E-state index >= 15 is 0 Å². The van der Waals surface area contributed by atoms with Crippen molar-refractivity contribution in [1.29, 1.82) is 0 Å². The lowest BCUT2D eigenvalue weighted by atomic mass is 9.49.